The molecule has 2 aromatic rings. The van der Waals surface area contributed by atoms with Crippen molar-refractivity contribution in [2.24, 2.45) is 0 Å². The highest BCUT2D eigenvalue weighted by Gasteiger charge is 2.16. The fourth-order valence-corrected chi connectivity index (χ4v) is 1.75. The van der Waals surface area contributed by atoms with Crippen molar-refractivity contribution in [1.29, 1.82) is 0 Å². The van der Waals surface area contributed by atoms with E-state index in [4.69, 9.17) is 4.74 Å². The molecule has 0 fully saturated rings. The number of hydrogen-bond donors (Lipinski definition) is 2. The van der Waals surface area contributed by atoms with Gasteiger partial charge in [-0.05, 0) is 0 Å². The summed E-state index contributed by atoms with van der Waals surface area (Å²) in [5.41, 5.74) is 1.29. The summed E-state index contributed by atoms with van der Waals surface area (Å²) in [5.74, 6) is 1.06. The third-order valence-corrected chi connectivity index (χ3v) is 2.55. The summed E-state index contributed by atoms with van der Waals surface area (Å²) in [4.78, 5) is 25.8. The first-order valence-corrected chi connectivity index (χ1v) is 5.04. The number of aromatic amines is 2. The van der Waals surface area contributed by atoms with E-state index >= 15 is 0 Å². The van der Waals surface area contributed by atoms with Gasteiger partial charge < -0.3 is 14.7 Å². The predicted octanol–water partition coefficient (Wildman–Crippen LogP) is 0.233. The molecule has 1 aliphatic heterocycles. The number of rotatable bonds is 1. The van der Waals surface area contributed by atoms with Gasteiger partial charge in [0, 0.05) is 18.8 Å². The molecule has 0 spiro atoms. The summed E-state index contributed by atoms with van der Waals surface area (Å²) < 4.78 is 5.22. The van der Waals surface area contributed by atoms with E-state index in [2.05, 4.69) is 19.9 Å². The zero-order valence-corrected chi connectivity index (χ0v) is 8.49. The van der Waals surface area contributed by atoms with Gasteiger partial charge in [-0.15, -0.1) is 0 Å². The van der Waals surface area contributed by atoms with Gasteiger partial charge >= 0.3 is 0 Å². The second kappa shape index (κ2) is 3.57. The molecule has 3 rings (SSSR count). The van der Waals surface area contributed by atoms with Crippen molar-refractivity contribution in [1.82, 2.24) is 19.9 Å². The molecule has 1 aliphatic rings. The first-order valence-electron chi connectivity index (χ1n) is 5.04. The molecule has 0 unspecified atom stereocenters. The molecule has 0 aliphatic carbocycles. The molecule has 0 aromatic carbocycles. The van der Waals surface area contributed by atoms with Gasteiger partial charge in [0.2, 0.25) is 0 Å². The highest BCUT2D eigenvalue weighted by molar-refractivity contribution is 5.43. The third kappa shape index (κ3) is 1.43. The van der Waals surface area contributed by atoms with Crippen molar-refractivity contribution >= 4 is 0 Å². The summed E-state index contributed by atoms with van der Waals surface area (Å²) in [7, 11) is 0. The second-order valence-electron chi connectivity index (χ2n) is 3.58. The predicted molar refractivity (Wildman–Crippen MR) is 55.8 cm³/mol. The summed E-state index contributed by atoms with van der Waals surface area (Å²) in [6, 6.07) is 0. The monoisotopic (exact) mass is 218 g/mol. The minimum Gasteiger partial charge on any atom is -0.376 e. The number of hydrogen-bond acceptors (Lipinski definition) is 4. The fraction of sp³-hybridized carbons (Fsp3) is 0.300. The average molecular weight is 218 g/mol. The van der Waals surface area contributed by atoms with Gasteiger partial charge in [-0.1, -0.05) is 0 Å². The van der Waals surface area contributed by atoms with Gasteiger partial charge in [0.15, 0.2) is 11.6 Å². The summed E-state index contributed by atoms with van der Waals surface area (Å²) in [5, 5.41) is 0. The van der Waals surface area contributed by atoms with Crippen molar-refractivity contribution in [3.05, 3.63) is 34.0 Å². The van der Waals surface area contributed by atoms with E-state index < -0.39 is 0 Å². The lowest BCUT2D eigenvalue weighted by atomic mass is 10.1. The lowest BCUT2D eigenvalue weighted by molar-refractivity contribution is 0.108. The highest BCUT2D eigenvalue weighted by atomic mass is 16.5. The van der Waals surface area contributed by atoms with Crippen molar-refractivity contribution in [2.75, 3.05) is 6.61 Å². The van der Waals surface area contributed by atoms with E-state index in [0.717, 1.165) is 5.69 Å². The van der Waals surface area contributed by atoms with Crippen molar-refractivity contribution < 1.29 is 4.74 Å². The van der Waals surface area contributed by atoms with Gasteiger partial charge in [-0.25, -0.2) is 9.97 Å². The number of H-pyrrole nitrogens is 2. The van der Waals surface area contributed by atoms with Crippen LogP contribution in [0.15, 0.2) is 17.2 Å². The smallest absolute Gasteiger partial charge is 0.257 e. The Balaban J connectivity index is 2.16. The summed E-state index contributed by atoms with van der Waals surface area (Å²) in [6.45, 7) is 0.956. The zero-order valence-electron chi connectivity index (χ0n) is 8.49. The van der Waals surface area contributed by atoms with Crippen LogP contribution in [0.4, 0.5) is 0 Å². The average Bonchev–Trinajstić information content (AvgIpc) is 2.82. The highest BCUT2D eigenvalue weighted by Crippen LogP contribution is 2.13. The van der Waals surface area contributed by atoms with Gasteiger partial charge in [-0.2, -0.15) is 0 Å². The quantitative estimate of drug-likeness (QED) is 0.717. The normalized spacial score (nSPS) is 14.8. The molecule has 16 heavy (non-hydrogen) atoms. The van der Waals surface area contributed by atoms with Gasteiger partial charge in [0.05, 0.1) is 24.5 Å². The minimum absolute atomic E-state index is 0.142. The maximum atomic E-state index is 11.8. The van der Waals surface area contributed by atoms with Crippen LogP contribution in [0.5, 0.6) is 0 Å². The maximum Gasteiger partial charge on any atom is 0.257 e. The Bertz CT molecular complexity index is 559. The molecular weight excluding hydrogens is 208 g/mol. The Morgan fingerprint density at radius 3 is 3.12 bits per heavy atom. The molecule has 3 heterocycles. The lowest BCUT2D eigenvalue weighted by Crippen LogP contribution is -2.24. The van der Waals surface area contributed by atoms with Gasteiger partial charge in [0.1, 0.15) is 0 Å². The van der Waals surface area contributed by atoms with Crippen LogP contribution >= 0.6 is 0 Å². The number of imidazole rings is 1. The Morgan fingerprint density at radius 2 is 2.31 bits per heavy atom. The van der Waals surface area contributed by atoms with Gasteiger partial charge in [0.25, 0.3) is 5.56 Å². The zero-order chi connectivity index (χ0) is 11.0. The molecule has 82 valence electrons. The Labute approximate surface area is 90.7 Å². The maximum absolute atomic E-state index is 11.8. The molecule has 0 bridgehead atoms. The molecule has 0 saturated heterocycles. The number of nitrogens with zero attached hydrogens (tertiary/aromatic N) is 2. The topological polar surface area (TPSA) is 83.7 Å². The van der Waals surface area contributed by atoms with Crippen molar-refractivity contribution in [3.8, 4) is 11.6 Å². The molecule has 0 amide bonds. The van der Waals surface area contributed by atoms with E-state index in [1.54, 1.807) is 12.4 Å². The number of nitrogens with one attached hydrogen (secondary N) is 2. The van der Waals surface area contributed by atoms with Crippen LogP contribution in [0.2, 0.25) is 0 Å². The SMILES string of the molecule is O=c1[nH]c(-c2ncc[nH]2)nc2c1COCC2. The number of aromatic nitrogens is 4. The summed E-state index contributed by atoms with van der Waals surface area (Å²) in [6.07, 6.45) is 3.99. The third-order valence-electron chi connectivity index (χ3n) is 2.55. The van der Waals surface area contributed by atoms with Crippen molar-refractivity contribution in [2.45, 2.75) is 13.0 Å². The fourth-order valence-electron chi connectivity index (χ4n) is 1.75. The summed E-state index contributed by atoms with van der Waals surface area (Å²) >= 11 is 0. The molecule has 2 aromatic heterocycles. The molecule has 6 nitrogen and oxygen atoms in total. The Kier molecular flexibility index (Phi) is 2.07. The molecular formula is C10H10N4O2. The molecule has 0 saturated carbocycles. The minimum atomic E-state index is -0.142. The lowest BCUT2D eigenvalue weighted by Gasteiger charge is -2.14. The van der Waals surface area contributed by atoms with Crippen LogP contribution in [0.25, 0.3) is 11.6 Å². The van der Waals surface area contributed by atoms with Crippen LogP contribution in [0.1, 0.15) is 11.3 Å². The van der Waals surface area contributed by atoms with E-state index in [9.17, 15) is 4.79 Å². The van der Waals surface area contributed by atoms with Crippen molar-refractivity contribution in [3.63, 3.8) is 0 Å². The van der Waals surface area contributed by atoms with Crippen LogP contribution < -0.4 is 5.56 Å². The van der Waals surface area contributed by atoms with E-state index in [1.165, 1.54) is 0 Å². The molecule has 0 atom stereocenters. The Morgan fingerprint density at radius 1 is 1.38 bits per heavy atom. The standard InChI is InChI=1S/C10H10N4O2/c15-10-6-5-16-4-1-7(6)13-9(14-10)8-11-2-3-12-8/h2-3H,1,4-5H2,(H,11,12)(H,13,14,15). The number of ether oxygens (including phenoxy) is 1. The molecule has 0 radical (unpaired) electrons. The first kappa shape index (κ1) is 9.29. The number of fused-ring (bicyclic) bond motifs is 1. The van der Waals surface area contributed by atoms with Crippen LogP contribution in [-0.2, 0) is 17.8 Å². The van der Waals surface area contributed by atoms with Crippen LogP contribution in [-0.4, -0.2) is 26.5 Å². The first-order chi connectivity index (χ1) is 7.84. The van der Waals surface area contributed by atoms with E-state index in [0.29, 0.717) is 36.8 Å². The largest absolute Gasteiger partial charge is 0.376 e. The second-order valence-corrected chi connectivity index (χ2v) is 3.58. The van der Waals surface area contributed by atoms with E-state index in [1.807, 2.05) is 0 Å². The van der Waals surface area contributed by atoms with Crippen LogP contribution in [0, 0.1) is 0 Å². The van der Waals surface area contributed by atoms with Gasteiger partial charge in [-0.3, -0.25) is 4.79 Å². The Hall–Kier alpha value is -1.95. The van der Waals surface area contributed by atoms with E-state index in [-0.39, 0.29) is 5.56 Å². The van der Waals surface area contributed by atoms with Crippen LogP contribution in [0.3, 0.4) is 0 Å². The molecule has 6 heteroatoms. The molecule has 2 N–H and O–H groups in total.